The molecule has 0 N–H and O–H groups in total. The van der Waals surface area contributed by atoms with Gasteiger partial charge in [0.15, 0.2) is 5.78 Å². The molecule has 4 rings (SSSR count). The Bertz CT molecular complexity index is 1380. The maximum atomic E-state index is 13.3. The van der Waals surface area contributed by atoms with Crippen LogP contribution in [0.1, 0.15) is 16.7 Å². The fraction of sp³-hybridized carbons (Fsp3) is 0.138. The standard InChI is InChI=1S/C29H26FNO4/c1-33-24-16-28(34-2)26(29(17-24)35-3)15-14-23(32)13-10-21-19-31(27-7-5-4-6-25(21)27)18-20-8-11-22(30)12-9-20/h4-17,19H,18H2,1-3H3/b13-10+,15-14+. The van der Waals surface area contributed by atoms with Crippen molar-refractivity contribution < 1.29 is 23.4 Å². The van der Waals surface area contributed by atoms with E-state index in [-0.39, 0.29) is 11.6 Å². The highest BCUT2D eigenvalue weighted by molar-refractivity contribution is 6.06. The molecule has 0 spiro atoms. The Hall–Kier alpha value is -4.32. The molecule has 0 atom stereocenters. The van der Waals surface area contributed by atoms with Gasteiger partial charge in [-0.2, -0.15) is 0 Å². The molecule has 0 fully saturated rings. The lowest BCUT2D eigenvalue weighted by Gasteiger charge is -2.12. The second-order valence-electron chi connectivity index (χ2n) is 7.87. The van der Waals surface area contributed by atoms with Gasteiger partial charge in [-0.05, 0) is 48.1 Å². The van der Waals surface area contributed by atoms with E-state index >= 15 is 0 Å². The average molecular weight is 472 g/mol. The number of ether oxygens (including phenoxy) is 3. The molecule has 0 saturated heterocycles. The highest BCUT2D eigenvalue weighted by atomic mass is 19.1. The molecule has 178 valence electrons. The van der Waals surface area contributed by atoms with Crippen LogP contribution in [0, 0.1) is 5.82 Å². The number of carbonyl (C=O) groups excluding carboxylic acids is 1. The van der Waals surface area contributed by atoms with Crippen LogP contribution in [0.15, 0.2) is 79.0 Å². The number of aromatic nitrogens is 1. The summed E-state index contributed by atoms with van der Waals surface area (Å²) in [5.74, 6) is 1.24. The third kappa shape index (κ3) is 5.44. The first kappa shape index (κ1) is 23.8. The van der Waals surface area contributed by atoms with Gasteiger partial charge in [-0.1, -0.05) is 30.3 Å². The fourth-order valence-electron chi connectivity index (χ4n) is 3.92. The SMILES string of the molecule is COc1cc(OC)c(/C=C/C(=O)/C=C/c2cn(Cc3ccc(F)cc3)c3ccccc23)c(OC)c1. The topological polar surface area (TPSA) is 49.7 Å². The van der Waals surface area contributed by atoms with E-state index in [1.807, 2.05) is 30.5 Å². The molecule has 0 saturated carbocycles. The lowest BCUT2D eigenvalue weighted by atomic mass is 10.1. The van der Waals surface area contributed by atoms with E-state index in [9.17, 15) is 9.18 Å². The molecule has 0 aliphatic carbocycles. The van der Waals surface area contributed by atoms with Gasteiger partial charge in [0.25, 0.3) is 0 Å². The van der Waals surface area contributed by atoms with E-state index in [2.05, 4.69) is 4.57 Å². The fourth-order valence-corrected chi connectivity index (χ4v) is 3.92. The molecule has 0 radical (unpaired) electrons. The van der Waals surface area contributed by atoms with E-state index in [1.54, 1.807) is 57.7 Å². The molecular weight excluding hydrogens is 445 g/mol. The van der Waals surface area contributed by atoms with Gasteiger partial charge in [0, 0.05) is 41.3 Å². The Kier molecular flexibility index (Phi) is 7.31. The number of ketones is 1. The number of hydrogen-bond acceptors (Lipinski definition) is 4. The van der Waals surface area contributed by atoms with Crippen LogP contribution in [0.5, 0.6) is 17.2 Å². The van der Waals surface area contributed by atoms with Crippen LogP contribution in [-0.4, -0.2) is 31.7 Å². The minimum absolute atomic E-state index is 0.180. The van der Waals surface area contributed by atoms with E-state index in [0.29, 0.717) is 29.4 Å². The minimum Gasteiger partial charge on any atom is -0.496 e. The molecule has 3 aromatic carbocycles. The summed E-state index contributed by atoms with van der Waals surface area (Å²) in [6, 6.07) is 17.9. The minimum atomic E-state index is -0.258. The van der Waals surface area contributed by atoms with Gasteiger partial charge in [0.05, 0.1) is 26.9 Å². The van der Waals surface area contributed by atoms with Gasteiger partial charge in [-0.25, -0.2) is 4.39 Å². The number of hydrogen-bond donors (Lipinski definition) is 0. The van der Waals surface area contributed by atoms with Crippen molar-refractivity contribution in [3.8, 4) is 17.2 Å². The molecule has 4 aromatic rings. The average Bonchev–Trinajstić information content (AvgIpc) is 3.24. The molecule has 35 heavy (non-hydrogen) atoms. The van der Waals surface area contributed by atoms with Crippen molar-refractivity contribution in [2.24, 2.45) is 0 Å². The zero-order chi connectivity index (χ0) is 24.8. The van der Waals surface area contributed by atoms with Crippen molar-refractivity contribution in [3.63, 3.8) is 0 Å². The van der Waals surface area contributed by atoms with Crippen LogP contribution in [0.2, 0.25) is 0 Å². The third-order valence-corrected chi connectivity index (χ3v) is 5.68. The summed E-state index contributed by atoms with van der Waals surface area (Å²) in [5.41, 5.74) is 3.59. The van der Waals surface area contributed by atoms with Gasteiger partial charge in [-0.3, -0.25) is 4.79 Å². The maximum absolute atomic E-state index is 13.3. The van der Waals surface area contributed by atoms with Crippen LogP contribution in [0.25, 0.3) is 23.1 Å². The van der Waals surface area contributed by atoms with E-state index in [4.69, 9.17) is 14.2 Å². The maximum Gasteiger partial charge on any atom is 0.178 e. The normalized spacial score (nSPS) is 11.4. The molecule has 0 aliphatic heterocycles. The Morgan fingerprint density at radius 3 is 2.20 bits per heavy atom. The Balaban J connectivity index is 1.58. The first-order valence-corrected chi connectivity index (χ1v) is 11.0. The van der Waals surface area contributed by atoms with Gasteiger partial charge in [-0.15, -0.1) is 0 Å². The quantitative estimate of drug-likeness (QED) is 0.275. The zero-order valence-corrected chi connectivity index (χ0v) is 19.8. The predicted octanol–water partition coefficient (Wildman–Crippen LogP) is 6.15. The summed E-state index contributed by atoms with van der Waals surface area (Å²) in [5, 5.41) is 1.03. The number of benzene rings is 3. The summed E-state index contributed by atoms with van der Waals surface area (Å²) >= 11 is 0. The van der Waals surface area contributed by atoms with Crippen molar-refractivity contribution in [2.75, 3.05) is 21.3 Å². The van der Waals surface area contributed by atoms with Crippen LogP contribution in [-0.2, 0) is 11.3 Å². The summed E-state index contributed by atoms with van der Waals surface area (Å²) in [7, 11) is 4.67. The second kappa shape index (κ2) is 10.7. The van der Waals surface area contributed by atoms with Crippen LogP contribution in [0.4, 0.5) is 4.39 Å². The first-order valence-electron chi connectivity index (χ1n) is 11.0. The molecule has 5 nitrogen and oxygen atoms in total. The zero-order valence-electron chi connectivity index (χ0n) is 19.8. The van der Waals surface area contributed by atoms with Gasteiger partial charge < -0.3 is 18.8 Å². The number of rotatable bonds is 9. The highest BCUT2D eigenvalue weighted by Gasteiger charge is 2.11. The van der Waals surface area contributed by atoms with E-state index in [1.165, 1.54) is 24.3 Å². The summed E-state index contributed by atoms with van der Waals surface area (Å²) in [6.07, 6.45) is 8.47. The number of nitrogens with zero attached hydrogens (tertiary/aromatic N) is 1. The molecule has 0 bridgehead atoms. The van der Waals surface area contributed by atoms with Crippen LogP contribution >= 0.6 is 0 Å². The van der Waals surface area contributed by atoms with Crippen molar-refractivity contribution >= 4 is 28.8 Å². The monoisotopic (exact) mass is 471 g/mol. The number of methoxy groups -OCH3 is 3. The van der Waals surface area contributed by atoms with E-state index in [0.717, 1.165) is 22.0 Å². The molecule has 0 unspecified atom stereocenters. The lowest BCUT2D eigenvalue weighted by Crippen LogP contribution is -1.97. The summed E-state index contributed by atoms with van der Waals surface area (Å²) in [6.45, 7) is 0.597. The Morgan fingerprint density at radius 1 is 0.886 bits per heavy atom. The predicted molar refractivity (Wildman–Crippen MR) is 137 cm³/mol. The van der Waals surface area contributed by atoms with Crippen LogP contribution < -0.4 is 14.2 Å². The smallest absolute Gasteiger partial charge is 0.178 e. The van der Waals surface area contributed by atoms with Crippen molar-refractivity contribution in [1.29, 1.82) is 0 Å². The van der Waals surface area contributed by atoms with Crippen molar-refractivity contribution in [2.45, 2.75) is 6.54 Å². The Morgan fingerprint density at radius 2 is 1.54 bits per heavy atom. The van der Waals surface area contributed by atoms with Gasteiger partial charge >= 0.3 is 0 Å². The number of halogens is 1. The Labute approximate surface area is 203 Å². The summed E-state index contributed by atoms with van der Waals surface area (Å²) in [4.78, 5) is 12.7. The van der Waals surface area contributed by atoms with Gasteiger partial charge in [0.2, 0.25) is 0 Å². The van der Waals surface area contributed by atoms with E-state index < -0.39 is 0 Å². The van der Waals surface area contributed by atoms with Gasteiger partial charge in [0.1, 0.15) is 23.1 Å². The van der Waals surface area contributed by atoms with Crippen molar-refractivity contribution in [1.82, 2.24) is 4.57 Å². The number of para-hydroxylation sites is 1. The van der Waals surface area contributed by atoms with Crippen LogP contribution in [0.3, 0.4) is 0 Å². The second-order valence-corrected chi connectivity index (χ2v) is 7.87. The largest absolute Gasteiger partial charge is 0.496 e. The number of carbonyl (C=O) groups is 1. The molecule has 0 aliphatic rings. The molecular formula is C29H26FNO4. The molecule has 1 aromatic heterocycles. The molecule has 6 heteroatoms. The highest BCUT2D eigenvalue weighted by Crippen LogP contribution is 2.35. The molecule has 1 heterocycles. The first-order chi connectivity index (χ1) is 17.0. The number of allylic oxidation sites excluding steroid dienone is 2. The lowest BCUT2D eigenvalue weighted by molar-refractivity contribution is -0.110. The molecule has 0 amide bonds. The third-order valence-electron chi connectivity index (χ3n) is 5.68. The number of fused-ring (bicyclic) bond motifs is 1. The summed E-state index contributed by atoms with van der Waals surface area (Å²) < 4.78 is 31.5. The van der Waals surface area contributed by atoms with Crippen molar-refractivity contribution in [3.05, 3.63) is 102 Å².